The Kier molecular flexibility index (Phi) is 5.52. The van der Waals surface area contributed by atoms with E-state index in [0.717, 1.165) is 17.7 Å². The van der Waals surface area contributed by atoms with Crippen molar-refractivity contribution in [2.45, 2.75) is 39.7 Å². The Balaban J connectivity index is 2.13. The number of phenolic OH excluding ortho intramolecular Hbond substituents is 1. The Labute approximate surface area is 153 Å². The van der Waals surface area contributed by atoms with E-state index in [-0.39, 0.29) is 11.3 Å². The monoisotopic (exact) mass is 348 g/mol. The average molecular weight is 348 g/mol. The Morgan fingerprint density at radius 3 is 2.31 bits per heavy atom. The zero-order valence-electron chi connectivity index (χ0n) is 15.3. The van der Waals surface area contributed by atoms with Crippen LogP contribution in [0.25, 0.3) is 11.4 Å². The number of hydrogen-bond acceptors (Lipinski definition) is 3. The maximum absolute atomic E-state index is 13.1. The second-order valence-corrected chi connectivity index (χ2v) is 6.28. The van der Waals surface area contributed by atoms with E-state index in [0.29, 0.717) is 30.8 Å². The minimum absolute atomic E-state index is 0.00599. The molecule has 1 N–H and O–H groups in total. The van der Waals surface area contributed by atoms with Gasteiger partial charge in [-0.1, -0.05) is 56.3 Å². The van der Waals surface area contributed by atoms with Crippen LogP contribution in [-0.2, 0) is 25.8 Å². The maximum Gasteiger partial charge on any atom is 0.257 e. The van der Waals surface area contributed by atoms with Crippen LogP contribution in [-0.4, -0.2) is 14.7 Å². The quantitative estimate of drug-likeness (QED) is 0.733. The van der Waals surface area contributed by atoms with Gasteiger partial charge in [-0.2, -0.15) is 0 Å². The molecule has 0 spiro atoms. The summed E-state index contributed by atoms with van der Waals surface area (Å²) in [5.41, 5.74) is 3.33. The van der Waals surface area contributed by atoms with Crippen LogP contribution in [0.5, 0.6) is 5.75 Å². The molecule has 0 bridgehead atoms. The number of aromatic nitrogens is 2. The number of para-hydroxylation sites is 1. The van der Waals surface area contributed by atoms with Crippen LogP contribution in [0.3, 0.4) is 0 Å². The molecule has 1 heterocycles. The zero-order valence-corrected chi connectivity index (χ0v) is 15.3. The van der Waals surface area contributed by atoms with Gasteiger partial charge in [0, 0.05) is 12.1 Å². The van der Waals surface area contributed by atoms with E-state index in [4.69, 9.17) is 4.98 Å². The fraction of sp³-hybridized carbons (Fsp3) is 0.273. The van der Waals surface area contributed by atoms with Gasteiger partial charge in [-0.25, -0.2) is 4.98 Å². The lowest BCUT2D eigenvalue weighted by Crippen LogP contribution is -2.29. The van der Waals surface area contributed by atoms with Gasteiger partial charge in [-0.05, 0) is 37.0 Å². The summed E-state index contributed by atoms with van der Waals surface area (Å²) in [6.07, 6.45) is 2.08. The van der Waals surface area contributed by atoms with Crippen LogP contribution in [0.2, 0.25) is 0 Å². The number of rotatable bonds is 6. The molecule has 0 radical (unpaired) electrons. The molecule has 4 heteroatoms. The molecular weight excluding hydrogens is 324 g/mol. The number of hydrogen-bond donors (Lipinski definition) is 1. The molecule has 3 aromatic rings. The lowest BCUT2D eigenvalue weighted by atomic mass is 10.1. The van der Waals surface area contributed by atoms with Crippen molar-refractivity contribution in [1.82, 2.24) is 9.55 Å². The topological polar surface area (TPSA) is 55.1 Å². The number of phenols is 1. The smallest absolute Gasteiger partial charge is 0.257 e. The highest BCUT2D eigenvalue weighted by molar-refractivity contribution is 5.64. The second-order valence-electron chi connectivity index (χ2n) is 6.28. The summed E-state index contributed by atoms with van der Waals surface area (Å²) >= 11 is 0. The fourth-order valence-electron chi connectivity index (χ4n) is 3.25. The Bertz CT molecular complexity index is 946. The SMILES string of the molecule is CCc1nc(-c2ccccc2O)n(CCc2ccccc2)c(=O)c1CC. The molecule has 4 nitrogen and oxygen atoms in total. The summed E-state index contributed by atoms with van der Waals surface area (Å²) in [5.74, 6) is 0.678. The molecule has 2 aromatic carbocycles. The van der Waals surface area contributed by atoms with E-state index in [1.807, 2.05) is 38.1 Å². The predicted molar refractivity (Wildman–Crippen MR) is 104 cm³/mol. The summed E-state index contributed by atoms with van der Waals surface area (Å²) < 4.78 is 1.71. The van der Waals surface area contributed by atoms with Crippen molar-refractivity contribution >= 4 is 0 Å². The molecule has 0 fully saturated rings. The van der Waals surface area contributed by atoms with Crippen LogP contribution in [0.15, 0.2) is 59.4 Å². The fourth-order valence-corrected chi connectivity index (χ4v) is 3.25. The Hall–Kier alpha value is -2.88. The Morgan fingerprint density at radius 2 is 1.65 bits per heavy atom. The molecule has 3 rings (SSSR count). The molecule has 0 aliphatic heterocycles. The summed E-state index contributed by atoms with van der Waals surface area (Å²) in [6, 6.07) is 17.1. The van der Waals surface area contributed by atoms with Crippen LogP contribution in [0, 0.1) is 0 Å². The normalized spacial score (nSPS) is 10.8. The minimum atomic E-state index is -0.00599. The number of aromatic hydroxyl groups is 1. The molecule has 26 heavy (non-hydrogen) atoms. The highest BCUT2D eigenvalue weighted by Gasteiger charge is 2.17. The maximum atomic E-state index is 13.1. The first-order valence-electron chi connectivity index (χ1n) is 9.10. The summed E-state index contributed by atoms with van der Waals surface area (Å²) in [4.78, 5) is 17.9. The minimum Gasteiger partial charge on any atom is -0.507 e. The summed E-state index contributed by atoms with van der Waals surface area (Å²) in [6.45, 7) is 4.51. The first-order valence-corrected chi connectivity index (χ1v) is 9.10. The lowest BCUT2D eigenvalue weighted by Gasteiger charge is -2.17. The molecule has 0 amide bonds. The summed E-state index contributed by atoms with van der Waals surface area (Å²) in [5, 5.41) is 10.3. The molecule has 0 unspecified atom stereocenters. The van der Waals surface area contributed by atoms with Gasteiger partial charge >= 0.3 is 0 Å². The number of aryl methyl sites for hydroxylation is 2. The van der Waals surface area contributed by atoms with Gasteiger partial charge in [0.1, 0.15) is 11.6 Å². The predicted octanol–water partition coefficient (Wildman–Crippen LogP) is 3.98. The van der Waals surface area contributed by atoms with Crippen LogP contribution < -0.4 is 5.56 Å². The van der Waals surface area contributed by atoms with Gasteiger partial charge in [0.05, 0.1) is 11.3 Å². The van der Waals surface area contributed by atoms with Crippen LogP contribution in [0.1, 0.15) is 30.7 Å². The highest BCUT2D eigenvalue weighted by Crippen LogP contribution is 2.27. The van der Waals surface area contributed by atoms with Gasteiger partial charge in [0.15, 0.2) is 0 Å². The van der Waals surface area contributed by atoms with Gasteiger partial charge in [-0.15, -0.1) is 0 Å². The van der Waals surface area contributed by atoms with E-state index in [9.17, 15) is 9.90 Å². The highest BCUT2D eigenvalue weighted by atomic mass is 16.3. The van der Waals surface area contributed by atoms with Crippen molar-refractivity contribution in [2.24, 2.45) is 0 Å². The van der Waals surface area contributed by atoms with Crippen molar-refractivity contribution in [3.8, 4) is 17.1 Å². The largest absolute Gasteiger partial charge is 0.507 e. The molecule has 0 atom stereocenters. The number of benzene rings is 2. The average Bonchev–Trinajstić information content (AvgIpc) is 2.67. The van der Waals surface area contributed by atoms with Crippen LogP contribution >= 0.6 is 0 Å². The molecule has 0 aliphatic carbocycles. The third-order valence-electron chi connectivity index (χ3n) is 4.65. The van der Waals surface area contributed by atoms with Crippen molar-refractivity contribution in [3.63, 3.8) is 0 Å². The first kappa shape index (κ1) is 17.9. The van der Waals surface area contributed by atoms with E-state index < -0.39 is 0 Å². The summed E-state index contributed by atoms with van der Waals surface area (Å²) in [7, 11) is 0. The molecule has 0 saturated heterocycles. The van der Waals surface area contributed by atoms with Crippen LogP contribution in [0.4, 0.5) is 0 Å². The van der Waals surface area contributed by atoms with E-state index in [1.54, 1.807) is 22.8 Å². The molecule has 134 valence electrons. The van der Waals surface area contributed by atoms with Crippen molar-refractivity contribution < 1.29 is 5.11 Å². The molecule has 0 saturated carbocycles. The Morgan fingerprint density at radius 1 is 0.962 bits per heavy atom. The van der Waals surface area contributed by atoms with E-state index in [2.05, 4.69) is 12.1 Å². The van der Waals surface area contributed by atoms with Gasteiger partial charge in [0.2, 0.25) is 0 Å². The van der Waals surface area contributed by atoms with Gasteiger partial charge in [-0.3, -0.25) is 9.36 Å². The second kappa shape index (κ2) is 8.00. The number of nitrogens with zero attached hydrogens (tertiary/aromatic N) is 2. The lowest BCUT2D eigenvalue weighted by molar-refractivity contribution is 0.476. The van der Waals surface area contributed by atoms with Crippen molar-refractivity contribution in [1.29, 1.82) is 0 Å². The first-order chi connectivity index (χ1) is 12.7. The van der Waals surface area contributed by atoms with Crippen molar-refractivity contribution in [2.75, 3.05) is 0 Å². The standard InChI is InChI=1S/C22H24N2O2/c1-3-17-19(4-2)23-21(18-12-8-9-13-20(18)25)24(22(17)26)15-14-16-10-6-5-7-11-16/h5-13,25H,3-4,14-15H2,1-2H3. The van der Waals surface area contributed by atoms with E-state index >= 15 is 0 Å². The van der Waals surface area contributed by atoms with Gasteiger partial charge < -0.3 is 5.11 Å². The molecular formula is C22H24N2O2. The molecule has 0 aliphatic rings. The van der Waals surface area contributed by atoms with Crippen molar-refractivity contribution in [3.05, 3.63) is 81.8 Å². The van der Waals surface area contributed by atoms with Gasteiger partial charge in [0.25, 0.3) is 5.56 Å². The zero-order chi connectivity index (χ0) is 18.5. The third-order valence-corrected chi connectivity index (χ3v) is 4.65. The van der Waals surface area contributed by atoms with E-state index in [1.165, 1.54) is 5.56 Å². The molecule has 1 aromatic heterocycles. The third kappa shape index (κ3) is 3.54.